The maximum absolute atomic E-state index is 2.44. The summed E-state index contributed by atoms with van der Waals surface area (Å²) < 4.78 is 0. The number of allylic oxidation sites excluding steroid dienone is 2. The summed E-state index contributed by atoms with van der Waals surface area (Å²) in [4.78, 5) is 0. The van der Waals surface area contributed by atoms with Gasteiger partial charge in [0.25, 0.3) is 0 Å². The molecule has 0 fully saturated rings. The van der Waals surface area contributed by atoms with Gasteiger partial charge in [0.1, 0.15) is 0 Å². The van der Waals surface area contributed by atoms with E-state index in [1.54, 1.807) is 0 Å². The van der Waals surface area contributed by atoms with Crippen molar-refractivity contribution in [1.82, 2.24) is 0 Å². The van der Waals surface area contributed by atoms with Gasteiger partial charge in [0.05, 0.1) is 0 Å². The van der Waals surface area contributed by atoms with E-state index in [-0.39, 0.29) is 0 Å². The molecule has 0 heterocycles. The molecule has 0 rings (SSSR count). The van der Waals surface area contributed by atoms with Crippen LogP contribution >= 0.6 is 0 Å². The van der Waals surface area contributed by atoms with Crippen molar-refractivity contribution in [1.29, 1.82) is 0 Å². The third-order valence-electron chi connectivity index (χ3n) is 4.01. The maximum atomic E-state index is 2.44. The highest BCUT2D eigenvalue weighted by Gasteiger charge is 2.01. The SMILES string of the molecule is CCCC/C=C/CCCCC(C)CCCCCCC. The van der Waals surface area contributed by atoms with E-state index in [0.717, 1.165) is 5.92 Å². The summed E-state index contributed by atoms with van der Waals surface area (Å²) in [5.74, 6) is 0.950. The van der Waals surface area contributed by atoms with E-state index in [2.05, 4.69) is 32.9 Å². The molecule has 1 unspecified atom stereocenters. The van der Waals surface area contributed by atoms with Crippen LogP contribution in [0.1, 0.15) is 104 Å². The zero-order valence-electron chi connectivity index (χ0n) is 13.9. The summed E-state index contributed by atoms with van der Waals surface area (Å²) in [7, 11) is 0. The van der Waals surface area contributed by atoms with Crippen LogP contribution in [0.25, 0.3) is 0 Å². The van der Waals surface area contributed by atoms with E-state index in [4.69, 9.17) is 0 Å². The molecule has 0 saturated heterocycles. The lowest BCUT2D eigenvalue weighted by molar-refractivity contribution is 0.439. The molecule has 0 spiro atoms. The Morgan fingerprint density at radius 1 is 0.632 bits per heavy atom. The Bertz CT molecular complexity index is 180. The first-order valence-corrected chi connectivity index (χ1v) is 8.96. The smallest absolute Gasteiger partial charge is 0.0351 e. The first kappa shape index (κ1) is 18.7. The van der Waals surface area contributed by atoms with Crippen LogP contribution in [-0.4, -0.2) is 0 Å². The molecule has 0 saturated carbocycles. The van der Waals surface area contributed by atoms with Crippen molar-refractivity contribution in [3.63, 3.8) is 0 Å². The van der Waals surface area contributed by atoms with Crippen LogP contribution in [0.15, 0.2) is 12.2 Å². The average Bonchev–Trinajstić information content (AvgIpc) is 2.41. The van der Waals surface area contributed by atoms with Gasteiger partial charge in [-0.2, -0.15) is 0 Å². The number of unbranched alkanes of at least 4 members (excludes halogenated alkanes) is 8. The monoisotopic (exact) mass is 266 g/mol. The van der Waals surface area contributed by atoms with Gasteiger partial charge in [-0.1, -0.05) is 97.1 Å². The lowest BCUT2D eigenvalue weighted by Gasteiger charge is -2.10. The second kappa shape index (κ2) is 15.8. The lowest BCUT2D eigenvalue weighted by atomic mass is 9.96. The summed E-state index contributed by atoms with van der Waals surface area (Å²) in [6.45, 7) is 6.99. The van der Waals surface area contributed by atoms with Crippen LogP contribution in [-0.2, 0) is 0 Å². The minimum Gasteiger partial charge on any atom is -0.0885 e. The fourth-order valence-electron chi connectivity index (χ4n) is 2.55. The van der Waals surface area contributed by atoms with Gasteiger partial charge >= 0.3 is 0 Å². The Hall–Kier alpha value is -0.260. The van der Waals surface area contributed by atoms with Crippen molar-refractivity contribution in [2.75, 3.05) is 0 Å². The van der Waals surface area contributed by atoms with Crippen LogP contribution in [0.3, 0.4) is 0 Å². The highest BCUT2D eigenvalue weighted by molar-refractivity contribution is 4.81. The highest BCUT2D eigenvalue weighted by Crippen LogP contribution is 2.17. The Morgan fingerprint density at radius 2 is 1.16 bits per heavy atom. The van der Waals surface area contributed by atoms with Crippen molar-refractivity contribution >= 4 is 0 Å². The van der Waals surface area contributed by atoms with Gasteiger partial charge in [0.15, 0.2) is 0 Å². The van der Waals surface area contributed by atoms with Gasteiger partial charge in [-0.05, 0) is 25.2 Å². The van der Waals surface area contributed by atoms with Crippen LogP contribution in [0.4, 0.5) is 0 Å². The third kappa shape index (κ3) is 15.7. The predicted molar refractivity (Wildman–Crippen MR) is 89.7 cm³/mol. The zero-order valence-corrected chi connectivity index (χ0v) is 13.9. The normalized spacial score (nSPS) is 13.2. The van der Waals surface area contributed by atoms with Gasteiger partial charge < -0.3 is 0 Å². The van der Waals surface area contributed by atoms with E-state index < -0.39 is 0 Å². The minimum atomic E-state index is 0.950. The molecule has 0 aromatic heterocycles. The molecule has 0 amide bonds. The molecule has 0 aliphatic carbocycles. The third-order valence-corrected chi connectivity index (χ3v) is 4.01. The first-order chi connectivity index (χ1) is 9.31. The maximum Gasteiger partial charge on any atom is -0.0351 e. The molecule has 0 bridgehead atoms. The lowest BCUT2D eigenvalue weighted by Crippen LogP contribution is -1.94. The number of hydrogen-bond acceptors (Lipinski definition) is 0. The summed E-state index contributed by atoms with van der Waals surface area (Å²) in [6.07, 6.45) is 22.9. The van der Waals surface area contributed by atoms with Gasteiger partial charge in [-0.3, -0.25) is 0 Å². The summed E-state index contributed by atoms with van der Waals surface area (Å²) >= 11 is 0. The Balaban J connectivity index is 3.19. The molecular weight excluding hydrogens is 228 g/mol. The van der Waals surface area contributed by atoms with E-state index in [1.807, 2.05) is 0 Å². The zero-order chi connectivity index (χ0) is 14.2. The van der Waals surface area contributed by atoms with Gasteiger partial charge in [0.2, 0.25) is 0 Å². The Labute approximate surface area is 123 Å². The van der Waals surface area contributed by atoms with Crippen LogP contribution in [0, 0.1) is 5.92 Å². The number of hydrogen-bond donors (Lipinski definition) is 0. The topological polar surface area (TPSA) is 0 Å². The van der Waals surface area contributed by atoms with Crippen molar-refractivity contribution in [2.24, 2.45) is 5.92 Å². The quantitative estimate of drug-likeness (QED) is 0.229. The predicted octanol–water partition coefficient (Wildman–Crippen LogP) is 7.29. The van der Waals surface area contributed by atoms with Crippen molar-refractivity contribution in [2.45, 2.75) is 104 Å². The largest absolute Gasteiger partial charge is 0.0885 e. The summed E-state index contributed by atoms with van der Waals surface area (Å²) in [6, 6.07) is 0. The first-order valence-electron chi connectivity index (χ1n) is 8.96. The van der Waals surface area contributed by atoms with Gasteiger partial charge in [-0.15, -0.1) is 0 Å². The summed E-state index contributed by atoms with van der Waals surface area (Å²) in [5, 5.41) is 0. The minimum absolute atomic E-state index is 0.950. The molecule has 0 radical (unpaired) electrons. The molecule has 1 atom stereocenters. The van der Waals surface area contributed by atoms with Crippen LogP contribution in [0.2, 0.25) is 0 Å². The molecule has 0 heteroatoms. The van der Waals surface area contributed by atoms with E-state index in [0.29, 0.717) is 0 Å². The molecule has 0 nitrogen and oxygen atoms in total. The number of rotatable bonds is 14. The fourth-order valence-corrected chi connectivity index (χ4v) is 2.55. The standard InChI is InChI=1S/C19H38/c1-4-6-8-10-11-12-14-16-18-19(3)17-15-13-9-7-5-2/h10-11,19H,4-9,12-18H2,1-3H3/b11-10+. The Morgan fingerprint density at radius 3 is 1.79 bits per heavy atom. The Kier molecular flexibility index (Phi) is 15.6. The highest BCUT2D eigenvalue weighted by atomic mass is 14.1. The second-order valence-corrected chi connectivity index (χ2v) is 6.21. The molecule has 0 aromatic carbocycles. The van der Waals surface area contributed by atoms with E-state index >= 15 is 0 Å². The fraction of sp³-hybridized carbons (Fsp3) is 0.895. The van der Waals surface area contributed by atoms with Crippen molar-refractivity contribution in [3.8, 4) is 0 Å². The molecule has 0 aliphatic rings. The molecule has 0 aromatic rings. The van der Waals surface area contributed by atoms with Crippen LogP contribution in [0.5, 0.6) is 0 Å². The average molecular weight is 267 g/mol. The molecule has 19 heavy (non-hydrogen) atoms. The van der Waals surface area contributed by atoms with Crippen molar-refractivity contribution in [3.05, 3.63) is 12.2 Å². The van der Waals surface area contributed by atoms with E-state index in [1.165, 1.54) is 83.5 Å². The molecule has 0 aliphatic heterocycles. The van der Waals surface area contributed by atoms with Crippen LogP contribution < -0.4 is 0 Å². The molecular formula is C19H38. The van der Waals surface area contributed by atoms with Crippen molar-refractivity contribution < 1.29 is 0 Å². The van der Waals surface area contributed by atoms with Gasteiger partial charge in [-0.25, -0.2) is 0 Å². The summed E-state index contributed by atoms with van der Waals surface area (Å²) in [5.41, 5.74) is 0. The molecule has 114 valence electrons. The van der Waals surface area contributed by atoms with E-state index in [9.17, 15) is 0 Å². The van der Waals surface area contributed by atoms with Gasteiger partial charge in [0, 0.05) is 0 Å². The second-order valence-electron chi connectivity index (χ2n) is 6.21. The molecule has 0 N–H and O–H groups in total.